The minimum absolute atomic E-state index is 0.00733. The van der Waals surface area contributed by atoms with Crippen LogP contribution in [0.3, 0.4) is 0 Å². The van der Waals surface area contributed by atoms with Gasteiger partial charge in [-0.05, 0) is 59.3 Å². The highest BCUT2D eigenvalue weighted by Crippen LogP contribution is 2.44. The van der Waals surface area contributed by atoms with Crippen LogP contribution in [0.5, 0.6) is 0 Å². The second-order valence-electron chi connectivity index (χ2n) is 12.5. The fraction of sp³-hybridized carbons (Fsp3) is 0.471. The van der Waals surface area contributed by atoms with Crippen molar-refractivity contribution in [3.8, 4) is 11.1 Å². The normalized spacial score (nSPS) is 17.2. The van der Waals surface area contributed by atoms with E-state index in [1.807, 2.05) is 52.0 Å². The zero-order chi connectivity index (χ0) is 30.4. The van der Waals surface area contributed by atoms with Gasteiger partial charge in [0.2, 0.25) is 0 Å². The number of rotatable bonds is 12. The van der Waals surface area contributed by atoms with Crippen LogP contribution in [-0.2, 0) is 14.3 Å². The Balaban J connectivity index is 1.30. The van der Waals surface area contributed by atoms with Crippen molar-refractivity contribution in [1.82, 2.24) is 5.32 Å². The van der Waals surface area contributed by atoms with E-state index < -0.39 is 18.1 Å². The lowest BCUT2D eigenvalue weighted by Crippen LogP contribution is -2.31. The number of fused-ring (bicyclic) bond motifs is 3. The van der Waals surface area contributed by atoms with Gasteiger partial charge in [0.05, 0.1) is 11.3 Å². The van der Waals surface area contributed by atoms with Gasteiger partial charge in [-0.1, -0.05) is 76.2 Å². The second-order valence-corrected chi connectivity index (χ2v) is 12.5. The number of alkyl carbamates (subject to hydrolysis) is 1. The number of aliphatic hydroxyl groups excluding tert-OH is 1. The number of Topliss-reactive ketones (excluding diaryl/α,β-unsaturated/α-hetero) is 1. The number of amides is 1. The first-order chi connectivity index (χ1) is 20.0. The Bertz CT molecular complexity index is 1340. The summed E-state index contributed by atoms with van der Waals surface area (Å²) in [6.07, 6.45) is 1.82. The predicted octanol–water partition coefficient (Wildman–Crippen LogP) is 6.84. The molecule has 0 fully saturated rings. The molecule has 0 aromatic heterocycles. The van der Waals surface area contributed by atoms with Gasteiger partial charge in [0.25, 0.3) is 0 Å². The number of ether oxygens (including phenoxy) is 1. The van der Waals surface area contributed by atoms with E-state index in [0.29, 0.717) is 37.9 Å². The summed E-state index contributed by atoms with van der Waals surface area (Å²) in [5.74, 6) is -1.17. The summed E-state index contributed by atoms with van der Waals surface area (Å²) in [6.45, 7) is 8.35. The lowest BCUT2D eigenvalue weighted by atomic mass is 9.75. The number of aliphatic hydroxyl groups is 1. The molecule has 1 atom stereocenters. The number of carboxylic acids is 1. The maximum atomic E-state index is 12.9. The molecule has 0 bridgehead atoms. The van der Waals surface area contributed by atoms with Crippen LogP contribution in [0.1, 0.15) is 83.3 Å². The third-order valence-corrected chi connectivity index (χ3v) is 7.86. The number of aliphatic carboxylic acids is 1. The van der Waals surface area contributed by atoms with Crippen molar-refractivity contribution < 1.29 is 29.3 Å². The molecule has 0 aliphatic heterocycles. The van der Waals surface area contributed by atoms with Crippen LogP contribution in [0.15, 0.2) is 64.9 Å². The van der Waals surface area contributed by atoms with Gasteiger partial charge >= 0.3 is 12.1 Å². The van der Waals surface area contributed by atoms with Gasteiger partial charge in [0.1, 0.15) is 18.4 Å². The number of carbonyl (C=O) groups excluding carboxylic acids is 2. The summed E-state index contributed by atoms with van der Waals surface area (Å²) in [5.41, 5.74) is 4.83. The molecule has 1 amide bonds. The Hall–Kier alpha value is -3.94. The number of nitrogens with zero attached hydrogens (tertiary/aromatic N) is 1. The highest BCUT2D eigenvalue weighted by Gasteiger charge is 2.36. The van der Waals surface area contributed by atoms with E-state index in [2.05, 4.69) is 34.6 Å². The molecule has 224 valence electrons. The number of carboxylic acid groups (broad SMARTS) is 1. The molecule has 42 heavy (non-hydrogen) atoms. The maximum Gasteiger partial charge on any atom is 0.407 e. The summed E-state index contributed by atoms with van der Waals surface area (Å²) < 4.78 is 5.57. The van der Waals surface area contributed by atoms with Crippen molar-refractivity contribution in [1.29, 1.82) is 0 Å². The zero-order valence-corrected chi connectivity index (χ0v) is 25.0. The monoisotopic (exact) mass is 574 g/mol. The molecule has 4 rings (SSSR count). The molecule has 0 radical (unpaired) electrons. The predicted molar refractivity (Wildman–Crippen MR) is 163 cm³/mol. The number of ketones is 1. The molecule has 2 aliphatic carbocycles. The highest BCUT2D eigenvalue weighted by molar-refractivity contribution is 6.23. The van der Waals surface area contributed by atoms with Gasteiger partial charge in [-0.3, -0.25) is 9.79 Å². The SMILES string of the molecule is CC(C)CC(=NC(CCCCNC(=O)OCC1c2ccccc2-c2ccccc21)C(=O)O)C1=C(O)CC(C)(C)CC1=O. The number of aliphatic imine (C=N–C) groups is 1. The van der Waals surface area contributed by atoms with Crippen molar-refractivity contribution in [2.75, 3.05) is 13.2 Å². The second kappa shape index (κ2) is 13.4. The minimum atomic E-state index is -1.08. The summed E-state index contributed by atoms with van der Waals surface area (Å²) in [4.78, 5) is 41.9. The molecular formula is C34H42N2O6. The van der Waals surface area contributed by atoms with Gasteiger partial charge in [0.15, 0.2) is 5.78 Å². The van der Waals surface area contributed by atoms with Crippen LogP contribution in [-0.4, -0.2) is 53.0 Å². The number of allylic oxidation sites excluding steroid dienone is 2. The average Bonchev–Trinajstić information content (AvgIpc) is 3.23. The number of carbonyl (C=O) groups is 3. The number of benzene rings is 2. The van der Waals surface area contributed by atoms with E-state index in [1.165, 1.54) is 0 Å². The van der Waals surface area contributed by atoms with E-state index >= 15 is 0 Å². The van der Waals surface area contributed by atoms with Gasteiger partial charge in [-0.15, -0.1) is 0 Å². The molecule has 0 saturated carbocycles. The highest BCUT2D eigenvalue weighted by atomic mass is 16.5. The minimum Gasteiger partial charge on any atom is -0.511 e. The van der Waals surface area contributed by atoms with Gasteiger partial charge < -0.3 is 20.3 Å². The largest absolute Gasteiger partial charge is 0.511 e. The van der Waals surface area contributed by atoms with Crippen LogP contribution < -0.4 is 5.32 Å². The fourth-order valence-corrected chi connectivity index (χ4v) is 5.96. The summed E-state index contributed by atoms with van der Waals surface area (Å²) in [5, 5.41) is 23.3. The van der Waals surface area contributed by atoms with Crippen molar-refractivity contribution in [3.63, 3.8) is 0 Å². The fourth-order valence-electron chi connectivity index (χ4n) is 5.96. The zero-order valence-electron chi connectivity index (χ0n) is 25.0. The molecule has 2 aliphatic rings. The van der Waals surface area contributed by atoms with E-state index in [4.69, 9.17) is 4.74 Å². The standard InChI is InChI=1S/C34H42N2O6/c1-21(2)17-28(31-29(37)18-34(3,4)19-30(31)38)36-27(32(39)40)15-9-10-16-35-33(41)42-20-26-24-13-7-5-11-22(24)23-12-6-8-14-25(23)26/h5-8,11-14,21,26-27,37H,9-10,15-20H2,1-4H3,(H,35,41)(H,39,40). The Kier molecular flexibility index (Phi) is 9.86. The number of hydrogen-bond donors (Lipinski definition) is 3. The Morgan fingerprint density at radius 1 is 1.02 bits per heavy atom. The molecule has 1 unspecified atom stereocenters. The third kappa shape index (κ3) is 7.46. The lowest BCUT2D eigenvalue weighted by Gasteiger charge is -2.30. The van der Waals surface area contributed by atoms with Crippen LogP contribution in [0.25, 0.3) is 11.1 Å². The van der Waals surface area contributed by atoms with E-state index in [1.54, 1.807) is 0 Å². The van der Waals surface area contributed by atoms with Gasteiger partial charge in [-0.2, -0.15) is 0 Å². The van der Waals surface area contributed by atoms with Crippen LogP contribution >= 0.6 is 0 Å². The molecule has 8 heteroatoms. The topological polar surface area (TPSA) is 125 Å². The van der Waals surface area contributed by atoms with Gasteiger partial charge in [-0.25, -0.2) is 9.59 Å². The quantitative estimate of drug-likeness (QED) is 0.188. The molecule has 2 aromatic carbocycles. The maximum absolute atomic E-state index is 12.9. The van der Waals surface area contributed by atoms with Crippen LogP contribution in [0.2, 0.25) is 0 Å². The summed E-state index contributed by atoms with van der Waals surface area (Å²) in [6, 6.07) is 15.3. The Labute approximate surface area is 247 Å². The van der Waals surface area contributed by atoms with Crippen molar-refractivity contribution >= 4 is 23.6 Å². The van der Waals surface area contributed by atoms with E-state index in [0.717, 1.165) is 22.3 Å². The molecule has 3 N–H and O–H groups in total. The molecule has 2 aromatic rings. The van der Waals surface area contributed by atoms with Crippen molar-refractivity contribution in [2.24, 2.45) is 16.3 Å². The van der Waals surface area contributed by atoms with Crippen molar-refractivity contribution in [2.45, 2.75) is 78.2 Å². The first-order valence-corrected chi connectivity index (χ1v) is 14.8. The summed E-state index contributed by atoms with van der Waals surface area (Å²) >= 11 is 0. The number of hydrogen-bond acceptors (Lipinski definition) is 6. The smallest absolute Gasteiger partial charge is 0.407 e. The van der Waals surface area contributed by atoms with E-state index in [-0.39, 0.29) is 53.8 Å². The Morgan fingerprint density at radius 2 is 1.64 bits per heavy atom. The molecule has 0 heterocycles. The first kappa shape index (κ1) is 31.0. The van der Waals surface area contributed by atoms with Gasteiger partial charge in [0, 0.05) is 25.3 Å². The molecule has 0 spiro atoms. The Morgan fingerprint density at radius 3 is 2.21 bits per heavy atom. The lowest BCUT2D eigenvalue weighted by molar-refractivity contribution is -0.138. The number of unbranched alkanes of at least 4 members (excludes halogenated alkanes) is 1. The van der Waals surface area contributed by atoms with Crippen molar-refractivity contribution in [3.05, 3.63) is 71.0 Å². The molecular weight excluding hydrogens is 532 g/mol. The van der Waals surface area contributed by atoms with Crippen LogP contribution in [0, 0.1) is 11.3 Å². The summed E-state index contributed by atoms with van der Waals surface area (Å²) in [7, 11) is 0. The molecule has 0 saturated heterocycles. The average molecular weight is 575 g/mol. The molecule has 8 nitrogen and oxygen atoms in total. The van der Waals surface area contributed by atoms with Crippen LogP contribution in [0.4, 0.5) is 4.79 Å². The first-order valence-electron chi connectivity index (χ1n) is 14.8. The van der Waals surface area contributed by atoms with E-state index in [9.17, 15) is 24.6 Å². The number of nitrogens with one attached hydrogen (secondary N) is 1. The third-order valence-electron chi connectivity index (χ3n) is 7.86.